The van der Waals surface area contributed by atoms with Gasteiger partial charge in [-0.1, -0.05) is 0 Å². The molecule has 0 rings (SSSR count). The van der Waals surface area contributed by atoms with Crippen molar-refractivity contribution in [1.29, 1.82) is 0 Å². The van der Waals surface area contributed by atoms with Crippen LogP contribution in [0.5, 0.6) is 0 Å². The van der Waals surface area contributed by atoms with Gasteiger partial charge in [-0.05, 0) is 0 Å². The molecule has 29 heavy (non-hydrogen) atoms. The van der Waals surface area contributed by atoms with E-state index in [4.69, 9.17) is 16.1 Å². The number of carbonyl (C=O) groups excluding carboxylic acids is 4. The third kappa shape index (κ3) is 13.7. The van der Waals surface area contributed by atoms with Crippen LogP contribution in [0, 0.1) is 11.8 Å². The van der Waals surface area contributed by atoms with Gasteiger partial charge in [0.15, 0.2) is 0 Å². The summed E-state index contributed by atoms with van der Waals surface area (Å²) in [7, 11) is 0. The Morgan fingerprint density at radius 2 is 1.03 bits per heavy atom. The van der Waals surface area contributed by atoms with Crippen molar-refractivity contribution in [2.24, 2.45) is 11.8 Å². The molecule has 168 valence electrons. The first kappa shape index (κ1) is 27.9. The molecular formula is C20H36O8Ti. The van der Waals surface area contributed by atoms with Crippen molar-refractivity contribution in [2.75, 3.05) is 26.4 Å². The van der Waals surface area contributed by atoms with Crippen LogP contribution in [0.4, 0.5) is 0 Å². The van der Waals surface area contributed by atoms with Gasteiger partial charge in [-0.2, -0.15) is 0 Å². The molecule has 9 heteroatoms. The molecule has 0 bridgehead atoms. The Morgan fingerprint density at radius 3 is 1.31 bits per heavy atom. The number of esters is 2. The second-order valence-electron chi connectivity index (χ2n) is 7.71. The Morgan fingerprint density at radius 1 is 0.690 bits per heavy atom. The van der Waals surface area contributed by atoms with Crippen LogP contribution in [-0.4, -0.2) is 49.9 Å². The van der Waals surface area contributed by atoms with Crippen molar-refractivity contribution < 1.29 is 52.7 Å². The molecule has 0 N–H and O–H groups in total. The van der Waals surface area contributed by atoms with Crippen LogP contribution in [0.1, 0.15) is 54.4 Å². The summed E-state index contributed by atoms with van der Waals surface area (Å²) in [6, 6.07) is 0. The molecule has 0 saturated heterocycles. The molecule has 0 atom stereocenters. The summed E-state index contributed by atoms with van der Waals surface area (Å²) in [5.41, 5.74) is 0. The molecule has 0 fully saturated rings. The molecule has 0 aromatic rings. The maximum atomic E-state index is 12.5. The summed E-state index contributed by atoms with van der Waals surface area (Å²) in [4.78, 5) is 48.4. The molecule has 0 aromatic heterocycles. The number of carbonyl (C=O) groups is 4. The zero-order valence-corrected chi connectivity index (χ0v) is 20.1. The number of Topliss-reactive ketones (excluding diaryl/α,β-unsaturated/α-hetero) is 2. The Hall–Kier alpha value is -1.09. The number of ketones is 2. The molecule has 0 aliphatic carbocycles. The molecule has 0 aliphatic rings. The van der Waals surface area contributed by atoms with Crippen LogP contribution in [0.15, 0.2) is 0 Å². The van der Waals surface area contributed by atoms with Gasteiger partial charge in [0, 0.05) is 0 Å². The van der Waals surface area contributed by atoms with E-state index in [-0.39, 0.29) is 58.9 Å². The van der Waals surface area contributed by atoms with E-state index in [1.807, 2.05) is 27.7 Å². The monoisotopic (exact) mass is 452 g/mol. The van der Waals surface area contributed by atoms with Crippen LogP contribution >= 0.6 is 0 Å². The number of hydrogen-bond acceptors (Lipinski definition) is 8. The second-order valence-corrected chi connectivity index (χ2v) is 12.6. The summed E-state index contributed by atoms with van der Waals surface area (Å²) in [5.74, 6) is -1.63. The van der Waals surface area contributed by atoms with Gasteiger partial charge in [-0.3, -0.25) is 0 Å². The average Bonchev–Trinajstić information content (AvgIpc) is 2.58. The summed E-state index contributed by atoms with van der Waals surface area (Å²) >= 11 is -3.97. The van der Waals surface area contributed by atoms with E-state index in [2.05, 4.69) is 0 Å². The van der Waals surface area contributed by atoms with E-state index in [0.29, 0.717) is 13.2 Å². The van der Waals surface area contributed by atoms with E-state index in [9.17, 15) is 19.2 Å². The quantitative estimate of drug-likeness (QED) is 0.200. The van der Waals surface area contributed by atoms with E-state index < -0.39 is 29.3 Å². The van der Waals surface area contributed by atoms with Crippen molar-refractivity contribution >= 4 is 23.5 Å². The van der Waals surface area contributed by atoms with Gasteiger partial charge in [0.2, 0.25) is 0 Å². The predicted octanol–water partition coefficient (Wildman–Crippen LogP) is 3.20. The molecule has 0 heterocycles. The average molecular weight is 452 g/mol. The molecule has 0 aliphatic heterocycles. The van der Waals surface area contributed by atoms with Gasteiger partial charge in [-0.25, -0.2) is 0 Å². The van der Waals surface area contributed by atoms with Crippen molar-refractivity contribution in [3.05, 3.63) is 0 Å². The van der Waals surface area contributed by atoms with Gasteiger partial charge in [0.05, 0.1) is 0 Å². The van der Waals surface area contributed by atoms with Crippen molar-refractivity contribution in [3.63, 3.8) is 0 Å². The van der Waals surface area contributed by atoms with E-state index in [1.165, 1.54) is 0 Å². The van der Waals surface area contributed by atoms with E-state index >= 15 is 0 Å². The molecule has 0 aromatic carbocycles. The first-order chi connectivity index (χ1) is 13.5. The predicted molar refractivity (Wildman–Crippen MR) is 104 cm³/mol. The molecule has 0 spiro atoms. The summed E-state index contributed by atoms with van der Waals surface area (Å²) < 4.78 is 21.6. The van der Waals surface area contributed by atoms with Crippen molar-refractivity contribution in [2.45, 2.75) is 63.8 Å². The normalized spacial score (nSPS) is 11.6. The Labute approximate surface area is 178 Å². The van der Waals surface area contributed by atoms with Crippen LogP contribution in [0.2, 0.25) is 9.45 Å². The number of rotatable bonds is 16. The Kier molecular flexibility index (Phi) is 14.3. The fourth-order valence-electron chi connectivity index (χ4n) is 2.42. The summed E-state index contributed by atoms with van der Waals surface area (Å²) in [6.45, 7) is 12.2. The first-order valence-electron chi connectivity index (χ1n) is 10.2. The molecule has 8 nitrogen and oxygen atoms in total. The van der Waals surface area contributed by atoms with Gasteiger partial charge in [0.25, 0.3) is 0 Å². The van der Waals surface area contributed by atoms with Gasteiger partial charge < -0.3 is 0 Å². The van der Waals surface area contributed by atoms with Crippen LogP contribution in [-0.2, 0) is 52.7 Å². The SMILES string of the molecule is CCOC(=O)CC(=O)[CH2][Ti]([CH2]C(=O)CC(=O)OCC)([O]CC(C)C)[O]CC(C)C. The molecular weight excluding hydrogens is 416 g/mol. The zero-order chi connectivity index (χ0) is 22.4. The maximum absolute atomic E-state index is 12.5. The van der Waals surface area contributed by atoms with Crippen molar-refractivity contribution in [3.8, 4) is 0 Å². The summed E-state index contributed by atoms with van der Waals surface area (Å²) in [5, 5.41) is 0. The van der Waals surface area contributed by atoms with Gasteiger partial charge in [-0.15, -0.1) is 0 Å². The molecule has 0 unspecified atom stereocenters. The minimum atomic E-state index is -3.97. The fraction of sp³-hybridized carbons (Fsp3) is 0.800. The Bertz CT molecular complexity index is 497. The minimum absolute atomic E-state index is 0.104. The molecule has 0 radical (unpaired) electrons. The third-order valence-electron chi connectivity index (χ3n) is 3.59. The molecule has 0 saturated carbocycles. The van der Waals surface area contributed by atoms with Gasteiger partial charge in [0.1, 0.15) is 0 Å². The number of hydrogen-bond donors (Lipinski definition) is 0. The first-order valence-corrected chi connectivity index (χ1v) is 13.6. The summed E-state index contributed by atoms with van der Waals surface area (Å²) in [6.07, 6.45) is -0.772. The van der Waals surface area contributed by atoms with Gasteiger partial charge >= 0.3 is 178 Å². The van der Waals surface area contributed by atoms with Crippen LogP contribution in [0.3, 0.4) is 0 Å². The van der Waals surface area contributed by atoms with Crippen LogP contribution in [0.25, 0.3) is 0 Å². The third-order valence-corrected chi connectivity index (χ3v) is 8.66. The second kappa shape index (κ2) is 14.8. The number of ether oxygens (including phenoxy) is 2. The standard InChI is InChI=1S/2C6H9O3.2C4H9O.Ti/c2*1-3-9-6(8)4-5(2)7;2*1-4(2)3-5;/h2*2-4H2,1H3;2*4H,3H2,1-2H3;/q;;2*-1;+2. The fourth-order valence-corrected chi connectivity index (χ4v) is 7.64. The van der Waals surface area contributed by atoms with E-state index in [1.54, 1.807) is 13.8 Å². The van der Waals surface area contributed by atoms with E-state index in [0.717, 1.165) is 0 Å². The molecule has 0 amide bonds. The zero-order valence-electron chi connectivity index (χ0n) is 18.6. The van der Waals surface area contributed by atoms with Crippen LogP contribution < -0.4 is 0 Å². The van der Waals surface area contributed by atoms with Crippen molar-refractivity contribution in [1.82, 2.24) is 0 Å². The topological polar surface area (TPSA) is 105 Å². The Balaban J connectivity index is 5.47.